The van der Waals surface area contributed by atoms with E-state index in [0.717, 1.165) is 5.56 Å². The minimum atomic E-state index is -1.95. The summed E-state index contributed by atoms with van der Waals surface area (Å²) in [6, 6.07) is 9.41. The van der Waals surface area contributed by atoms with Crippen LogP contribution in [0.5, 0.6) is 0 Å². The van der Waals surface area contributed by atoms with Crippen LogP contribution in [0.4, 0.5) is 8.78 Å². The molecular weight excluding hydrogens is 226 g/mol. The highest BCUT2D eigenvalue weighted by atomic mass is 19.3. The second-order valence-corrected chi connectivity index (χ2v) is 3.60. The van der Waals surface area contributed by atoms with E-state index in [-0.39, 0.29) is 13.0 Å². The first kappa shape index (κ1) is 13.6. The largest absolute Gasteiger partial charge is 0.490 e. The summed E-state index contributed by atoms with van der Waals surface area (Å²) in [6.45, 7) is 1.72. The number of ether oxygens (including phenoxy) is 1. The van der Waals surface area contributed by atoms with Crippen LogP contribution in [0.15, 0.2) is 42.2 Å². The Bertz CT molecular complexity index is 359. The normalized spacial score (nSPS) is 12.0. The van der Waals surface area contributed by atoms with Gasteiger partial charge in [-0.05, 0) is 25.3 Å². The van der Waals surface area contributed by atoms with Gasteiger partial charge in [-0.25, -0.2) is 0 Å². The van der Waals surface area contributed by atoms with Crippen molar-refractivity contribution in [3.05, 3.63) is 47.7 Å². The maximum Gasteiger partial charge on any atom is 0.310 e. The van der Waals surface area contributed by atoms with Crippen molar-refractivity contribution < 1.29 is 18.6 Å². The van der Waals surface area contributed by atoms with Crippen molar-refractivity contribution in [2.75, 3.05) is 6.61 Å². The molecule has 0 aliphatic carbocycles. The Balaban J connectivity index is 2.54. The number of aliphatic hydroxyl groups excluding tert-OH is 1. The highest BCUT2D eigenvalue weighted by Gasteiger charge is 2.18. The first-order valence-corrected chi connectivity index (χ1v) is 5.55. The molecule has 0 aromatic heterocycles. The molecule has 2 nitrogen and oxygen atoms in total. The SMILES string of the molecule is CCOC(=C(F)F)C(O)CCc1ccccc1. The average molecular weight is 242 g/mol. The van der Waals surface area contributed by atoms with Gasteiger partial charge in [0.15, 0.2) is 5.76 Å². The van der Waals surface area contributed by atoms with Crippen molar-refractivity contribution in [3.63, 3.8) is 0 Å². The predicted molar refractivity (Wildman–Crippen MR) is 61.6 cm³/mol. The van der Waals surface area contributed by atoms with Crippen LogP contribution in [-0.4, -0.2) is 17.8 Å². The maximum absolute atomic E-state index is 12.5. The third-order valence-corrected chi connectivity index (χ3v) is 2.34. The molecule has 0 aliphatic heterocycles. The summed E-state index contributed by atoms with van der Waals surface area (Å²) in [4.78, 5) is 0. The fraction of sp³-hybridized carbons (Fsp3) is 0.385. The molecule has 0 bridgehead atoms. The molecule has 0 saturated heterocycles. The fourth-order valence-corrected chi connectivity index (χ4v) is 1.51. The highest BCUT2D eigenvalue weighted by molar-refractivity contribution is 5.15. The molecule has 1 aromatic carbocycles. The van der Waals surface area contributed by atoms with Crippen LogP contribution in [0.2, 0.25) is 0 Å². The summed E-state index contributed by atoms with van der Waals surface area (Å²) in [5.41, 5.74) is 1.00. The summed E-state index contributed by atoms with van der Waals surface area (Å²) in [5, 5.41) is 9.61. The van der Waals surface area contributed by atoms with Gasteiger partial charge in [0.05, 0.1) is 6.61 Å². The Morgan fingerprint density at radius 2 is 1.94 bits per heavy atom. The monoisotopic (exact) mass is 242 g/mol. The van der Waals surface area contributed by atoms with Crippen molar-refractivity contribution in [1.82, 2.24) is 0 Å². The van der Waals surface area contributed by atoms with E-state index in [2.05, 4.69) is 0 Å². The van der Waals surface area contributed by atoms with Gasteiger partial charge in [-0.2, -0.15) is 8.78 Å². The summed E-state index contributed by atoms with van der Waals surface area (Å²) >= 11 is 0. The third kappa shape index (κ3) is 4.53. The lowest BCUT2D eigenvalue weighted by molar-refractivity contribution is 0.0859. The van der Waals surface area contributed by atoms with Crippen LogP contribution in [0, 0.1) is 0 Å². The van der Waals surface area contributed by atoms with Gasteiger partial charge in [0.25, 0.3) is 0 Å². The van der Waals surface area contributed by atoms with Gasteiger partial charge >= 0.3 is 6.08 Å². The zero-order valence-corrected chi connectivity index (χ0v) is 9.70. The van der Waals surface area contributed by atoms with Crippen molar-refractivity contribution in [1.29, 1.82) is 0 Å². The van der Waals surface area contributed by atoms with E-state index in [0.29, 0.717) is 6.42 Å². The zero-order chi connectivity index (χ0) is 12.7. The zero-order valence-electron chi connectivity index (χ0n) is 9.70. The Kier molecular flexibility index (Phi) is 5.63. The lowest BCUT2D eigenvalue weighted by Gasteiger charge is -2.14. The van der Waals surface area contributed by atoms with Crippen molar-refractivity contribution in [2.45, 2.75) is 25.9 Å². The second kappa shape index (κ2) is 7.01. The van der Waals surface area contributed by atoms with Crippen molar-refractivity contribution >= 4 is 0 Å². The molecule has 17 heavy (non-hydrogen) atoms. The number of hydrogen-bond donors (Lipinski definition) is 1. The molecule has 1 aromatic rings. The lowest BCUT2D eigenvalue weighted by Crippen LogP contribution is -2.15. The Hall–Kier alpha value is -1.42. The molecule has 1 N–H and O–H groups in total. The topological polar surface area (TPSA) is 29.5 Å². The van der Waals surface area contributed by atoms with E-state index in [1.165, 1.54) is 0 Å². The van der Waals surface area contributed by atoms with E-state index >= 15 is 0 Å². The molecule has 0 fully saturated rings. The van der Waals surface area contributed by atoms with Gasteiger partial charge in [0.2, 0.25) is 0 Å². The van der Waals surface area contributed by atoms with Crippen molar-refractivity contribution in [3.8, 4) is 0 Å². The van der Waals surface area contributed by atoms with Crippen LogP contribution in [0.1, 0.15) is 18.9 Å². The fourth-order valence-electron chi connectivity index (χ4n) is 1.51. The Morgan fingerprint density at radius 3 is 2.47 bits per heavy atom. The van der Waals surface area contributed by atoms with E-state index < -0.39 is 17.9 Å². The molecule has 1 atom stereocenters. The first-order chi connectivity index (χ1) is 8.15. The maximum atomic E-state index is 12.5. The molecule has 0 aliphatic rings. The van der Waals surface area contributed by atoms with Crippen LogP contribution in [0.25, 0.3) is 0 Å². The smallest absolute Gasteiger partial charge is 0.310 e. The highest BCUT2D eigenvalue weighted by Crippen LogP contribution is 2.18. The van der Waals surface area contributed by atoms with Gasteiger partial charge in [0, 0.05) is 0 Å². The van der Waals surface area contributed by atoms with E-state index in [1.807, 2.05) is 30.3 Å². The molecule has 0 saturated carbocycles. The van der Waals surface area contributed by atoms with E-state index in [4.69, 9.17) is 4.74 Å². The summed E-state index contributed by atoms with van der Waals surface area (Å²) in [7, 11) is 0. The molecule has 1 rings (SSSR count). The Labute approximate surface area is 99.5 Å². The minimum absolute atomic E-state index is 0.120. The van der Waals surface area contributed by atoms with Crippen LogP contribution >= 0.6 is 0 Å². The van der Waals surface area contributed by atoms with Gasteiger partial charge in [-0.15, -0.1) is 0 Å². The van der Waals surface area contributed by atoms with E-state index in [9.17, 15) is 13.9 Å². The molecule has 94 valence electrons. The molecular formula is C13H16F2O2. The number of rotatable bonds is 6. The van der Waals surface area contributed by atoms with Gasteiger partial charge < -0.3 is 9.84 Å². The summed E-state index contributed by atoms with van der Waals surface area (Å²) in [6.07, 6.45) is -2.45. The summed E-state index contributed by atoms with van der Waals surface area (Å²) < 4.78 is 29.6. The molecule has 1 unspecified atom stereocenters. The second-order valence-electron chi connectivity index (χ2n) is 3.60. The number of benzene rings is 1. The number of aryl methyl sites for hydroxylation is 1. The quantitative estimate of drug-likeness (QED) is 0.776. The van der Waals surface area contributed by atoms with E-state index in [1.54, 1.807) is 6.92 Å². The number of halogens is 2. The number of aliphatic hydroxyl groups is 1. The minimum Gasteiger partial charge on any atom is -0.490 e. The van der Waals surface area contributed by atoms with Crippen LogP contribution in [0.3, 0.4) is 0 Å². The molecule has 0 spiro atoms. The standard InChI is InChI=1S/C13H16F2O2/c1-2-17-12(13(14)15)11(16)9-8-10-6-4-3-5-7-10/h3-7,11,16H,2,8-9H2,1H3. The van der Waals surface area contributed by atoms with Gasteiger partial charge in [0.1, 0.15) is 6.10 Å². The average Bonchev–Trinajstić information content (AvgIpc) is 2.34. The first-order valence-electron chi connectivity index (χ1n) is 5.55. The predicted octanol–water partition coefficient (Wildman–Crippen LogP) is 3.12. The van der Waals surface area contributed by atoms with Crippen molar-refractivity contribution in [2.24, 2.45) is 0 Å². The molecule has 0 radical (unpaired) electrons. The van der Waals surface area contributed by atoms with Crippen LogP contribution in [-0.2, 0) is 11.2 Å². The van der Waals surface area contributed by atoms with Gasteiger partial charge in [-0.1, -0.05) is 30.3 Å². The molecule has 0 amide bonds. The third-order valence-electron chi connectivity index (χ3n) is 2.34. The number of hydrogen-bond acceptors (Lipinski definition) is 2. The van der Waals surface area contributed by atoms with Crippen LogP contribution < -0.4 is 0 Å². The molecule has 4 heteroatoms. The molecule has 0 heterocycles. The summed E-state index contributed by atoms with van der Waals surface area (Å²) in [5.74, 6) is -0.608. The Morgan fingerprint density at radius 1 is 1.29 bits per heavy atom. The van der Waals surface area contributed by atoms with Gasteiger partial charge in [-0.3, -0.25) is 0 Å². The lowest BCUT2D eigenvalue weighted by atomic mass is 10.1.